The fraction of sp³-hybridized carbons (Fsp3) is 1.00. The highest BCUT2D eigenvalue weighted by molar-refractivity contribution is 4.88. The summed E-state index contributed by atoms with van der Waals surface area (Å²) in [4.78, 5) is 2.38. The van der Waals surface area contributed by atoms with Gasteiger partial charge in [-0.25, -0.2) is 0 Å². The third-order valence-electron chi connectivity index (χ3n) is 3.35. The Balaban J connectivity index is 1.78. The average Bonchev–Trinajstić information content (AvgIpc) is 2.33. The maximum absolute atomic E-state index is 9.13. The summed E-state index contributed by atoms with van der Waals surface area (Å²) in [5, 5.41) is 9.13. The number of aliphatic hydroxyl groups excluding tert-OH is 1. The fourth-order valence-electron chi connectivity index (χ4n) is 2.60. The Kier molecular flexibility index (Phi) is 2.13. The average molecular weight is 169 g/mol. The molecule has 1 aliphatic carbocycles. The molecule has 2 heteroatoms. The molecule has 0 spiro atoms. The smallest absolute Gasteiger partial charge is 0.0793 e. The van der Waals surface area contributed by atoms with Gasteiger partial charge in [0.15, 0.2) is 0 Å². The van der Waals surface area contributed by atoms with Crippen LogP contribution in [-0.2, 0) is 0 Å². The Labute approximate surface area is 74.6 Å². The lowest BCUT2D eigenvalue weighted by Crippen LogP contribution is -2.53. The van der Waals surface area contributed by atoms with Crippen LogP contribution in [0.5, 0.6) is 0 Å². The predicted molar refractivity (Wildman–Crippen MR) is 49.0 cm³/mol. The summed E-state index contributed by atoms with van der Waals surface area (Å²) >= 11 is 0. The topological polar surface area (TPSA) is 23.5 Å². The number of hydrogen-bond donors (Lipinski definition) is 1. The van der Waals surface area contributed by atoms with Crippen LogP contribution < -0.4 is 0 Å². The standard InChI is InChI=1S/C10H19NO/c1-10(4-2-3-5-10)8-11-6-9(12)7-11/h9,12H,2-8H2,1H3. The molecule has 70 valence electrons. The SMILES string of the molecule is CC1(CN2CC(O)C2)CCCC1. The van der Waals surface area contributed by atoms with Gasteiger partial charge in [-0.3, -0.25) is 4.90 Å². The van der Waals surface area contributed by atoms with Crippen molar-refractivity contribution in [3.8, 4) is 0 Å². The van der Waals surface area contributed by atoms with E-state index >= 15 is 0 Å². The maximum atomic E-state index is 9.13. The molecule has 1 N–H and O–H groups in total. The highest BCUT2D eigenvalue weighted by Crippen LogP contribution is 2.38. The van der Waals surface area contributed by atoms with Gasteiger partial charge in [0.1, 0.15) is 0 Å². The quantitative estimate of drug-likeness (QED) is 0.672. The summed E-state index contributed by atoms with van der Waals surface area (Å²) in [7, 11) is 0. The summed E-state index contributed by atoms with van der Waals surface area (Å²) < 4.78 is 0. The Morgan fingerprint density at radius 2 is 1.92 bits per heavy atom. The zero-order valence-electron chi connectivity index (χ0n) is 7.92. The Bertz CT molecular complexity index is 157. The Morgan fingerprint density at radius 1 is 1.33 bits per heavy atom. The van der Waals surface area contributed by atoms with Crippen LogP contribution in [0.25, 0.3) is 0 Å². The molecule has 0 bridgehead atoms. The summed E-state index contributed by atoms with van der Waals surface area (Å²) in [5.41, 5.74) is 0.570. The van der Waals surface area contributed by atoms with E-state index in [0.29, 0.717) is 5.41 Å². The van der Waals surface area contributed by atoms with Crippen molar-refractivity contribution in [2.45, 2.75) is 38.7 Å². The molecule has 0 atom stereocenters. The van der Waals surface area contributed by atoms with E-state index in [1.807, 2.05) is 0 Å². The minimum atomic E-state index is -0.0324. The normalized spacial score (nSPS) is 30.5. The van der Waals surface area contributed by atoms with Crippen LogP contribution in [0.3, 0.4) is 0 Å². The first-order chi connectivity index (χ1) is 5.68. The molecule has 12 heavy (non-hydrogen) atoms. The maximum Gasteiger partial charge on any atom is 0.0793 e. The van der Waals surface area contributed by atoms with E-state index in [9.17, 15) is 0 Å². The number of nitrogens with zero attached hydrogens (tertiary/aromatic N) is 1. The van der Waals surface area contributed by atoms with Crippen molar-refractivity contribution in [2.75, 3.05) is 19.6 Å². The number of likely N-dealkylation sites (tertiary alicyclic amines) is 1. The summed E-state index contributed by atoms with van der Waals surface area (Å²) in [5.74, 6) is 0. The highest BCUT2D eigenvalue weighted by Gasteiger charge is 2.34. The summed E-state index contributed by atoms with van der Waals surface area (Å²) in [6.07, 6.45) is 5.56. The van der Waals surface area contributed by atoms with Crippen LogP contribution in [-0.4, -0.2) is 35.7 Å². The van der Waals surface area contributed by atoms with E-state index in [2.05, 4.69) is 11.8 Å². The van der Waals surface area contributed by atoms with E-state index in [1.54, 1.807) is 0 Å². The van der Waals surface area contributed by atoms with Gasteiger partial charge in [0.2, 0.25) is 0 Å². The molecule has 0 aromatic carbocycles. The second-order valence-electron chi connectivity index (χ2n) is 4.87. The minimum absolute atomic E-state index is 0.0324. The van der Waals surface area contributed by atoms with Gasteiger partial charge in [-0.2, -0.15) is 0 Å². The molecule has 1 aliphatic heterocycles. The number of hydrogen-bond acceptors (Lipinski definition) is 2. The van der Waals surface area contributed by atoms with Crippen LogP contribution >= 0.6 is 0 Å². The molecule has 0 radical (unpaired) electrons. The Morgan fingerprint density at radius 3 is 2.42 bits per heavy atom. The molecular formula is C10H19NO. The number of β-amino-alcohol motifs (C(OH)–C–C–N with tert-alkyl or cyclic N) is 1. The molecule has 0 aromatic rings. The molecule has 0 unspecified atom stereocenters. The van der Waals surface area contributed by atoms with Gasteiger partial charge in [0.25, 0.3) is 0 Å². The van der Waals surface area contributed by atoms with Crippen LogP contribution in [0, 0.1) is 5.41 Å². The van der Waals surface area contributed by atoms with E-state index in [1.165, 1.54) is 32.2 Å². The molecule has 1 saturated carbocycles. The minimum Gasteiger partial charge on any atom is -0.390 e. The molecule has 1 heterocycles. The fourth-order valence-corrected chi connectivity index (χ4v) is 2.60. The molecule has 2 fully saturated rings. The van der Waals surface area contributed by atoms with E-state index < -0.39 is 0 Å². The van der Waals surface area contributed by atoms with Crippen LogP contribution in [0.15, 0.2) is 0 Å². The van der Waals surface area contributed by atoms with Crippen molar-refractivity contribution in [1.29, 1.82) is 0 Å². The second kappa shape index (κ2) is 3.00. The van der Waals surface area contributed by atoms with Gasteiger partial charge in [0, 0.05) is 19.6 Å². The van der Waals surface area contributed by atoms with Crippen LogP contribution in [0.4, 0.5) is 0 Å². The third-order valence-corrected chi connectivity index (χ3v) is 3.35. The zero-order chi connectivity index (χ0) is 8.60. The van der Waals surface area contributed by atoms with Crippen molar-refractivity contribution < 1.29 is 5.11 Å². The number of rotatable bonds is 2. The molecule has 2 nitrogen and oxygen atoms in total. The van der Waals surface area contributed by atoms with E-state index in [4.69, 9.17) is 5.11 Å². The second-order valence-corrected chi connectivity index (χ2v) is 4.87. The van der Waals surface area contributed by atoms with E-state index in [0.717, 1.165) is 13.1 Å². The van der Waals surface area contributed by atoms with Gasteiger partial charge in [-0.15, -0.1) is 0 Å². The molecule has 0 amide bonds. The molecular weight excluding hydrogens is 150 g/mol. The molecule has 1 saturated heterocycles. The van der Waals surface area contributed by atoms with Gasteiger partial charge in [-0.1, -0.05) is 19.8 Å². The van der Waals surface area contributed by atoms with E-state index in [-0.39, 0.29) is 6.10 Å². The molecule has 0 aromatic heterocycles. The lowest BCUT2D eigenvalue weighted by molar-refractivity contribution is -0.0189. The zero-order valence-corrected chi connectivity index (χ0v) is 7.92. The van der Waals surface area contributed by atoms with Gasteiger partial charge in [0.05, 0.1) is 6.10 Å². The predicted octanol–water partition coefficient (Wildman–Crippen LogP) is 1.24. The largest absolute Gasteiger partial charge is 0.390 e. The van der Waals surface area contributed by atoms with Crippen molar-refractivity contribution >= 4 is 0 Å². The lowest BCUT2D eigenvalue weighted by atomic mass is 9.87. The lowest BCUT2D eigenvalue weighted by Gasteiger charge is -2.41. The van der Waals surface area contributed by atoms with Gasteiger partial charge in [-0.05, 0) is 18.3 Å². The number of aliphatic hydroxyl groups is 1. The van der Waals surface area contributed by atoms with Crippen molar-refractivity contribution in [3.05, 3.63) is 0 Å². The molecule has 2 rings (SSSR count). The first kappa shape index (κ1) is 8.52. The van der Waals surface area contributed by atoms with Crippen LogP contribution in [0.1, 0.15) is 32.6 Å². The van der Waals surface area contributed by atoms with Gasteiger partial charge >= 0.3 is 0 Å². The van der Waals surface area contributed by atoms with Crippen molar-refractivity contribution in [1.82, 2.24) is 4.90 Å². The molecule has 2 aliphatic rings. The first-order valence-electron chi connectivity index (χ1n) is 5.08. The highest BCUT2D eigenvalue weighted by atomic mass is 16.3. The Hall–Kier alpha value is -0.0800. The van der Waals surface area contributed by atoms with Crippen molar-refractivity contribution in [2.24, 2.45) is 5.41 Å². The monoisotopic (exact) mass is 169 g/mol. The first-order valence-corrected chi connectivity index (χ1v) is 5.08. The summed E-state index contributed by atoms with van der Waals surface area (Å²) in [6.45, 7) is 5.43. The van der Waals surface area contributed by atoms with Gasteiger partial charge < -0.3 is 5.11 Å². The third kappa shape index (κ3) is 1.64. The van der Waals surface area contributed by atoms with Crippen LogP contribution in [0.2, 0.25) is 0 Å². The summed E-state index contributed by atoms with van der Waals surface area (Å²) in [6, 6.07) is 0. The van der Waals surface area contributed by atoms with Crippen molar-refractivity contribution in [3.63, 3.8) is 0 Å².